The Labute approximate surface area is 124 Å². The molecule has 5 nitrogen and oxygen atoms in total. The summed E-state index contributed by atoms with van der Waals surface area (Å²) >= 11 is 9.68. The molecule has 0 saturated carbocycles. The highest BCUT2D eigenvalue weighted by Gasteiger charge is 2.22. The molecule has 1 unspecified atom stereocenters. The second-order valence-corrected chi connectivity index (χ2v) is 5.25. The Morgan fingerprint density at radius 2 is 2.26 bits per heavy atom. The lowest BCUT2D eigenvalue weighted by molar-refractivity contribution is 0.413. The zero-order valence-electron chi connectivity index (χ0n) is 10.5. The van der Waals surface area contributed by atoms with Crippen LogP contribution in [0.4, 0.5) is 0 Å². The largest absolute Gasteiger partial charge is 0.497 e. The lowest BCUT2D eigenvalue weighted by Crippen LogP contribution is -2.31. The number of ether oxygens (including phenoxy) is 1. The van der Waals surface area contributed by atoms with Crippen LogP contribution < -0.4 is 16.0 Å². The van der Waals surface area contributed by atoms with Crippen molar-refractivity contribution in [2.24, 2.45) is 12.9 Å². The van der Waals surface area contributed by atoms with Crippen molar-refractivity contribution in [1.82, 2.24) is 15.2 Å². The van der Waals surface area contributed by atoms with Crippen molar-refractivity contribution >= 4 is 27.5 Å². The highest BCUT2D eigenvalue weighted by molar-refractivity contribution is 9.10. The number of halogens is 2. The molecular weight excluding hydrogens is 332 g/mol. The molecular formula is C12H14BrClN4O. The molecule has 0 saturated heterocycles. The first kappa shape index (κ1) is 14.3. The molecule has 1 aromatic carbocycles. The lowest BCUT2D eigenvalue weighted by atomic mass is 10.0. The highest BCUT2D eigenvalue weighted by atomic mass is 79.9. The molecule has 19 heavy (non-hydrogen) atoms. The molecule has 0 aliphatic carbocycles. The Kier molecular flexibility index (Phi) is 4.46. The summed E-state index contributed by atoms with van der Waals surface area (Å²) in [4.78, 5) is 0. The van der Waals surface area contributed by atoms with Gasteiger partial charge in [-0.25, -0.2) is 5.43 Å². The summed E-state index contributed by atoms with van der Waals surface area (Å²) in [5, 5.41) is 4.68. The van der Waals surface area contributed by atoms with Crippen LogP contribution in [0.15, 0.2) is 28.9 Å². The topological polar surface area (TPSA) is 65.1 Å². The van der Waals surface area contributed by atoms with E-state index in [4.69, 9.17) is 22.2 Å². The van der Waals surface area contributed by atoms with E-state index in [9.17, 15) is 0 Å². The van der Waals surface area contributed by atoms with Crippen molar-refractivity contribution in [1.29, 1.82) is 0 Å². The smallest absolute Gasteiger partial charge is 0.119 e. The minimum absolute atomic E-state index is 0.288. The monoisotopic (exact) mass is 344 g/mol. The van der Waals surface area contributed by atoms with E-state index < -0.39 is 0 Å². The van der Waals surface area contributed by atoms with E-state index in [-0.39, 0.29) is 6.04 Å². The van der Waals surface area contributed by atoms with E-state index in [0.29, 0.717) is 5.02 Å². The molecule has 1 heterocycles. The number of nitrogens with zero attached hydrogens (tertiary/aromatic N) is 2. The van der Waals surface area contributed by atoms with Crippen molar-refractivity contribution < 1.29 is 4.74 Å². The van der Waals surface area contributed by atoms with Gasteiger partial charge in [-0.3, -0.25) is 10.5 Å². The number of rotatable bonds is 4. The molecule has 2 rings (SSSR count). The van der Waals surface area contributed by atoms with Crippen molar-refractivity contribution in [2.45, 2.75) is 6.04 Å². The maximum absolute atomic E-state index is 6.17. The molecule has 0 aliphatic rings. The van der Waals surface area contributed by atoms with Gasteiger partial charge in [0.2, 0.25) is 0 Å². The number of benzene rings is 1. The van der Waals surface area contributed by atoms with Crippen LogP contribution in [0.3, 0.4) is 0 Å². The molecule has 1 aromatic heterocycles. The van der Waals surface area contributed by atoms with Crippen LogP contribution in [0.5, 0.6) is 5.75 Å². The molecule has 102 valence electrons. The summed E-state index contributed by atoms with van der Waals surface area (Å²) in [6.45, 7) is 0. The van der Waals surface area contributed by atoms with Gasteiger partial charge in [-0.1, -0.05) is 27.5 Å². The van der Waals surface area contributed by atoms with E-state index in [1.165, 1.54) is 0 Å². The quantitative estimate of drug-likeness (QED) is 0.660. The summed E-state index contributed by atoms with van der Waals surface area (Å²) in [6.07, 6.45) is 1.59. The van der Waals surface area contributed by atoms with E-state index in [1.54, 1.807) is 18.0 Å². The molecule has 0 amide bonds. The fourth-order valence-electron chi connectivity index (χ4n) is 1.93. The standard InChI is InChI=1S/C12H14BrClN4O/c1-18-12(10(14)6-16-18)11(17-15)8-5-7(19-2)3-4-9(8)13/h3-6,11,17H,15H2,1-2H3. The fraction of sp³-hybridized carbons (Fsp3) is 0.250. The average Bonchev–Trinajstić information content (AvgIpc) is 2.73. The van der Waals surface area contributed by atoms with Crippen molar-refractivity contribution in [2.75, 3.05) is 7.11 Å². The summed E-state index contributed by atoms with van der Waals surface area (Å²) < 4.78 is 7.84. The molecule has 0 spiro atoms. The fourth-order valence-corrected chi connectivity index (χ4v) is 2.68. The van der Waals surface area contributed by atoms with Crippen molar-refractivity contribution in [3.8, 4) is 5.75 Å². The molecule has 2 aromatic rings. The van der Waals surface area contributed by atoms with Gasteiger partial charge in [0.15, 0.2) is 0 Å². The number of hydrazine groups is 1. The minimum Gasteiger partial charge on any atom is -0.497 e. The van der Waals surface area contributed by atoms with Crippen LogP contribution in [-0.4, -0.2) is 16.9 Å². The van der Waals surface area contributed by atoms with E-state index >= 15 is 0 Å². The van der Waals surface area contributed by atoms with Crippen molar-refractivity contribution in [3.05, 3.63) is 45.1 Å². The Hall–Kier alpha value is -1.08. The van der Waals surface area contributed by atoms with Crippen LogP contribution in [-0.2, 0) is 7.05 Å². The zero-order valence-corrected chi connectivity index (χ0v) is 12.9. The first-order valence-electron chi connectivity index (χ1n) is 5.55. The number of aryl methyl sites for hydroxylation is 1. The third-order valence-corrected chi connectivity index (χ3v) is 3.91. The normalized spacial score (nSPS) is 12.5. The summed E-state index contributed by atoms with van der Waals surface area (Å²) in [6, 6.07) is 5.39. The van der Waals surface area contributed by atoms with E-state index in [1.807, 2.05) is 25.2 Å². The Morgan fingerprint density at radius 3 is 2.79 bits per heavy atom. The SMILES string of the molecule is COc1ccc(Br)c(C(NN)c2c(Cl)cnn2C)c1. The van der Waals surface area contributed by atoms with Gasteiger partial charge in [0.05, 0.1) is 30.1 Å². The molecule has 3 N–H and O–H groups in total. The van der Waals surface area contributed by atoms with Gasteiger partial charge in [0.25, 0.3) is 0 Å². The number of methoxy groups -OCH3 is 1. The van der Waals surface area contributed by atoms with Crippen LogP contribution in [0.2, 0.25) is 5.02 Å². The van der Waals surface area contributed by atoms with Gasteiger partial charge >= 0.3 is 0 Å². The molecule has 1 atom stereocenters. The second-order valence-electron chi connectivity index (χ2n) is 3.99. The summed E-state index contributed by atoms with van der Waals surface area (Å²) in [5.41, 5.74) is 4.48. The highest BCUT2D eigenvalue weighted by Crippen LogP contribution is 2.33. The average molecular weight is 346 g/mol. The van der Waals surface area contributed by atoms with Gasteiger partial charge < -0.3 is 4.74 Å². The second kappa shape index (κ2) is 5.92. The maximum Gasteiger partial charge on any atom is 0.119 e. The first-order valence-corrected chi connectivity index (χ1v) is 6.72. The van der Waals surface area contributed by atoms with Crippen LogP contribution in [0.1, 0.15) is 17.3 Å². The summed E-state index contributed by atoms with van der Waals surface area (Å²) in [7, 11) is 3.44. The maximum atomic E-state index is 6.17. The Balaban J connectivity index is 2.54. The number of nitrogens with two attached hydrogens (primary N) is 1. The molecule has 7 heteroatoms. The van der Waals surface area contributed by atoms with Crippen molar-refractivity contribution in [3.63, 3.8) is 0 Å². The van der Waals surface area contributed by atoms with E-state index in [0.717, 1.165) is 21.5 Å². The predicted octanol–water partition coefficient (Wildman–Crippen LogP) is 2.40. The lowest BCUT2D eigenvalue weighted by Gasteiger charge is -2.19. The Bertz CT molecular complexity index is 568. The number of nitrogens with one attached hydrogen (secondary N) is 1. The first-order chi connectivity index (χ1) is 9.08. The van der Waals surface area contributed by atoms with Gasteiger partial charge in [0, 0.05) is 11.5 Å². The number of hydrogen-bond acceptors (Lipinski definition) is 4. The van der Waals surface area contributed by atoms with Gasteiger partial charge in [-0.15, -0.1) is 0 Å². The zero-order chi connectivity index (χ0) is 14.0. The Morgan fingerprint density at radius 1 is 1.53 bits per heavy atom. The summed E-state index contributed by atoms with van der Waals surface area (Å²) in [5.74, 6) is 6.43. The molecule has 0 radical (unpaired) electrons. The number of hydrogen-bond donors (Lipinski definition) is 2. The molecule has 0 bridgehead atoms. The van der Waals surface area contributed by atoms with Gasteiger partial charge in [0.1, 0.15) is 5.75 Å². The molecule has 0 aliphatic heterocycles. The minimum atomic E-state index is -0.288. The third-order valence-electron chi connectivity index (χ3n) is 2.89. The van der Waals surface area contributed by atoms with Gasteiger partial charge in [-0.2, -0.15) is 5.10 Å². The van der Waals surface area contributed by atoms with Crippen LogP contribution in [0.25, 0.3) is 0 Å². The number of aromatic nitrogens is 2. The van der Waals surface area contributed by atoms with Crippen LogP contribution >= 0.6 is 27.5 Å². The van der Waals surface area contributed by atoms with Gasteiger partial charge in [-0.05, 0) is 23.8 Å². The van der Waals surface area contributed by atoms with Crippen LogP contribution in [0, 0.1) is 0 Å². The third kappa shape index (κ3) is 2.76. The van der Waals surface area contributed by atoms with E-state index in [2.05, 4.69) is 26.5 Å². The predicted molar refractivity (Wildman–Crippen MR) is 78.1 cm³/mol. The molecule has 0 fully saturated rings.